The first kappa shape index (κ1) is 13.2. The highest BCUT2D eigenvalue weighted by atomic mass is 35.5. The van der Waals surface area contributed by atoms with E-state index in [1.54, 1.807) is 36.4 Å². The standard InChI is InChI=1S/C16H8ClNO3/c17-14-7-12(5-4-11(14)9-19)20-15-3-1-2-10-6-13(8-18)21-16(10)15/h1-7,9H. The van der Waals surface area contributed by atoms with Crippen molar-refractivity contribution in [3.05, 3.63) is 58.8 Å². The summed E-state index contributed by atoms with van der Waals surface area (Å²) in [6, 6.07) is 13.7. The molecule has 3 rings (SSSR count). The number of halogens is 1. The van der Waals surface area contributed by atoms with E-state index in [9.17, 15) is 4.79 Å². The van der Waals surface area contributed by atoms with Gasteiger partial charge in [0.2, 0.25) is 5.76 Å². The van der Waals surface area contributed by atoms with Crippen LogP contribution in [0.15, 0.2) is 46.9 Å². The molecule has 0 atom stereocenters. The number of carbonyl (C=O) groups excluding carboxylic acids is 1. The Balaban J connectivity index is 2.02. The molecule has 1 heterocycles. The Bertz CT molecular complexity index is 877. The molecule has 0 radical (unpaired) electrons. The second-order valence-corrected chi connectivity index (χ2v) is 4.71. The predicted octanol–water partition coefficient (Wildman–Crippen LogP) is 4.56. The van der Waals surface area contributed by atoms with Crippen molar-refractivity contribution in [2.75, 3.05) is 0 Å². The maximum absolute atomic E-state index is 10.7. The number of furan rings is 1. The molecule has 1 aromatic heterocycles. The number of hydrogen-bond acceptors (Lipinski definition) is 4. The third kappa shape index (κ3) is 2.47. The summed E-state index contributed by atoms with van der Waals surface area (Å²) in [6.45, 7) is 0. The van der Waals surface area contributed by atoms with Crippen LogP contribution in [-0.4, -0.2) is 6.29 Å². The Kier molecular flexibility index (Phi) is 3.35. The fraction of sp³-hybridized carbons (Fsp3) is 0. The van der Waals surface area contributed by atoms with Crippen LogP contribution in [0, 0.1) is 11.3 Å². The number of para-hydroxylation sites is 1. The van der Waals surface area contributed by atoms with Gasteiger partial charge in [-0.15, -0.1) is 0 Å². The van der Waals surface area contributed by atoms with Crippen molar-refractivity contribution in [2.45, 2.75) is 0 Å². The number of fused-ring (bicyclic) bond motifs is 1. The molecule has 0 saturated heterocycles. The highest BCUT2D eigenvalue weighted by molar-refractivity contribution is 6.33. The average molecular weight is 298 g/mol. The van der Waals surface area contributed by atoms with Gasteiger partial charge < -0.3 is 9.15 Å². The van der Waals surface area contributed by atoms with Crippen molar-refractivity contribution in [2.24, 2.45) is 0 Å². The SMILES string of the molecule is N#Cc1cc2cccc(Oc3ccc(C=O)c(Cl)c3)c2o1. The molecule has 0 saturated carbocycles. The minimum atomic E-state index is 0.218. The fourth-order valence-electron chi connectivity index (χ4n) is 1.97. The van der Waals surface area contributed by atoms with E-state index in [-0.39, 0.29) is 5.76 Å². The van der Waals surface area contributed by atoms with Crippen LogP contribution in [0.3, 0.4) is 0 Å². The molecule has 102 valence electrons. The van der Waals surface area contributed by atoms with Gasteiger partial charge in [-0.1, -0.05) is 23.7 Å². The molecule has 4 nitrogen and oxygen atoms in total. The van der Waals surface area contributed by atoms with E-state index in [4.69, 9.17) is 26.0 Å². The monoisotopic (exact) mass is 297 g/mol. The molecule has 3 aromatic rings. The second-order valence-electron chi connectivity index (χ2n) is 4.30. The van der Waals surface area contributed by atoms with Crippen molar-refractivity contribution < 1.29 is 13.9 Å². The molecule has 0 aliphatic rings. The van der Waals surface area contributed by atoms with Crippen molar-refractivity contribution in [1.82, 2.24) is 0 Å². The number of ether oxygens (including phenoxy) is 1. The van der Waals surface area contributed by atoms with Gasteiger partial charge in [-0.25, -0.2) is 0 Å². The topological polar surface area (TPSA) is 63.2 Å². The van der Waals surface area contributed by atoms with Crippen molar-refractivity contribution in [3.63, 3.8) is 0 Å². The van der Waals surface area contributed by atoms with Crippen LogP contribution >= 0.6 is 11.6 Å². The van der Waals surface area contributed by atoms with Crippen LogP contribution in [0.25, 0.3) is 11.0 Å². The summed E-state index contributed by atoms with van der Waals surface area (Å²) in [5, 5.41) is 9.97. The minimum absolute atomic E-state index is 0.218. The first-order valence-electron chi connectivity index (χ1n) is 6.06. The summed E-state index contributed by atoms with van der Waals surface area (Å²) in [6.07, 6.45) is 0.679. The highest BCUT2D eigenvalue weighted by Gasteiger charge is 2.10. The molecular weight excluding hydrogens is 290 g/mol. The van der Waals surface area contributed by atoms with Crippen LogP contribution in [0.2, 0.25) is 5.02 Å². The molecule has 0 aliphatic heterocycles. The van der Waals surface area contributed by atoms with Crippen molar-refractivity contribution in [1.29, 1.82) is 5.26 Å². The van der Waals surface area contributed by atoms with Crippen LogP contribution in [0.4, 0.5) is 0 Å². The van der Waals surface area contributed by atoms with Gasteiger partial charge >= 0.3 is 0 Å². The lowest BCUT2D eigenvalue weighted by atomic mass is 10.2. The van der Waals surface area contributed by atoms with Gasteiger partial charge in [-0.2, -0.15) is 5.26 Å². The third-order valence-corrected chi connectivity index (χ3v) is 3.27. The average Bonchev–Trinajstić information content (AvgIpc) is 2.92. The lowest BCUT2D eigenvalue weighted by molar-refractivity contribution is 0.112. The molecule has 2 aromatic carbocycles. The number of nitrogens with zero attached hydrogens (tertiary/aromatic N) is 1. The zero-order valence-electron chi connectivity index (χ0n) is 10.7. The summed E-state index contributed by atoms with van der Waals surface area (Å²) >= 11 is 5.96. The third-order valence-electron chi connectivity index (χ3n) is 2.94. The Labute approximate surface area is 125 Å². The lowest BCUT2D eigenvalue weighted by Crippen LogP contribution is -1.87. The second kappa shape index (κ2) is 5.31. The van der Waals surface area contributed by atoms with E-state index in [1.165, 1.54) is 0 Å². The number of carbonyl (C=O) groups is 1. The fourth-order valence-corrected chi connectivity index (χ4v) is 2.18. The highest BCUT2D eigenvalue weighted by Crippen LogP contribution is 2.33. The number of benzene rings is 2. The summed E-state index contributed by atoms with van der Waals surface area (Å²) in [5.41, 5.74) is 0.886. The molecular formula is C16H8ClNO3. The number of aldehydes is 1. The van der Waals surface area contributed by atoms with Gasteiger partial charge in [0.05, 0.1) is 5.02 Å². The molecule has 0 amide bonds. The minimum Gasteiger partial charge on any atom is -0.453 e. The summed E-state index contributed by atoms with van der Waals surface area (Å²) in [5.74, 6) is 1.17. The molecule has 0 bridgehead atoms. The normalized spacial score (nSPS) is 10.3. The summed E-state index contributed by atoms with van der Waals surface area (Å²) < 4.78 is 11.1. The Morgan fingerprint density at radius 1 is 1.24 bits per heavy atom. The molecule has 0 N–H and O–H groups in total. The molecule has 0 unspecified atom stereocenters. The van der Waals surface area contributed by atoms with Crippen LogP contribution in [-0.2, 0) is 0 Å². The predicted molar refractivity (Wildman–Crippen MR) is 77.8 cm³/mol. The van der Waals surface area contributed by atoms with E-state index >= 15 is 0 Å². The van der Waals surface area contributed by atoms with Crippen molar-refractivity contribution >= 4 is 28.9 Å². The zero-order chi connectivity index (χ0) is 14.8. The molecule has 0 aliphatic carbocycles. The van der Waals surface area contributed by atoms with Crippen LogP contribution < -0.4 is 4.74 Å². The van der Waals surface area contributed by atoms with E-state index in [1.807, 2.05) is 12.1 Å². The summed E-state index contributed by atoms with van der Waals surface area (Å²) in [4.78, 5) is 10.7. The molecule has 0 fully saturated rings. The Hall–Kier alpha value is -2.77. The number of rotatable bonds is 3. The van der Waals surface area contributed by atoms with Gasteiger partial charge in [-0.3, -0.25) is 4.79 Å². The molecule has 5 heteroatoms. The van der Waals surface area contributed by atoms with E-state index in [2.05, 4.69) is 0 Å². The maximum Gasteiger partial charge on any atom is 0.205 e. The Morgan fingerprint density at radius 3 is 2.81 bits per heavy atom. The lowest BCUT2D eigenvalue weighted by Gasteiger charge is -2.07. The van der Waals surface area contributed by atoms with E-state index < -0.39 is 0 Å². The number of hydrogen-bond donors (Lipinski definition) is 0. The quantitative estimate of drug-likeness (QED) is 0.665. The van der Waals surface area contributed by atoms with Crippen molar-refractivity contribution in [3.8, 4) is 17.6 Å². The van der Waals surface area contributed by atoms with Crippen LogP contribution in [0.5, 0.6) is 11.5 Å². The first-order valence-corrected chi connectivity index (χ1v) is 6.44. The maximum atomic E-state index is 10.7. The summed E-state index contributed by atoms with van der Waals surface area (Å²) in [7, 11) is 0. The molecule has 21 heavy (non-hydrogen) atoms. The molecule has 0 spiro atoms. The van der Waals surface area contributed by atoms with Crippen LogP contribution in [0.1, 0.15) is 16.1 Å². The van der Waals surface area contributed by atoms with Gasteiger partial charge in [0.1, 0.15) is 11.8 Å². The number of nitriles is 1. The van der Waals surface area contributed by atoms with Gasteiger partial charge in [0.25, 0.3) is 0 Å². The van der Waals surface area contributed by atoms with Gasteiger partial charge in [0.15, 0.2) is 17.6 Å². The van der Waals surface area contributed by atoms with Gasteiger partial charge in [0, 0.05) is 23.1 Å². The Morgan fingerprint density at radius 2 is 2.10 bits per heavy atom. The first-order chi connectivity index (χ1) is 10.2. The largest absolute Gasteiger partial charge is 0.453 e. The van der Waals surface area contributed by atoms with E-state index in [0.717, 1.165) is 5.39 Å². The van der Waals surface area contributed by atoms with Gasteiger partial charge in [-0.05, 0) is 18.2 Å². The zero-order valence-corrected chi connectivity index (χ0v) is 11.4. The smallest absolute Gasteiger partial charge is 0.205 e. The van der Waals surface area contributed by atoms with E-state index in [0.29, 0.717) is 34.0 Å².